The molecule has 12 nitrogen and oxygen atoms in total. The number of nitrogens with zero attached hydrogens (tertiary/aromatic N) is 2. The fourth-order valence-corrected chi connectivity index (χ4v) is 3.17. The van der Waals surface area contributed by atoms with Gasteiger partial charge in [-0.05, 0) is 12.8 Å². The van der Waals surface area contributed by atoms with Crippen LogP contribution in [-0.2, 0) is 19.9 Å². The molecule has 1 heterocycles. The lowest BCUT2D eigenvalue weighted by Crippen LogP contribution is -2.49. The van der Waals surface area contributed by atoms with Crippen molar-refractivity contribution in [3.63, 3.8) is 0 Å². The summed E-state index contributed by atoms with van der Waals surface area (Å²) in [5.74, 6) is -2.91. The molecule has 1 aliphatic rings. The number of aromatic amines is 1. The molecule has 1 aromatic heterocycles. The molecule has 12 heteroatoms. The average molecular weight is 396 g/mol. The number of hydrogen-bond acceptors (Lipinski definition) is 9. The second-order valence-corrected chi connectivity index (χ2v) is 6.58. The van der Waals surface area contributed by atoms with Crippen LogP contribution in [0.15, 0.2) is 21.9 Å². The monoisotopic (exact) mass is 396 g/mol. The van der Waals surface area contributed by atoms with Gasteiger partial charge < -0.3 is 25.8 Å². The Morgan fingerprint density at radius 2 is 2.14 bits per heavy atom. The Bertz CT molecular complexity index is 903. The van der Waals surface area contributed by atoms with Crippen LogP contribution < -0.4 is 17.0 Å². The van der Waals surface area contributed by atoms with Gasteiger partial charge in [-0.15, -0.1) is 0 Å². The van der Waals surface area contributed by atoms with Crippen LogP contribution in [0.5, 0.6) is 0 Å². The maximum atomic E-state index is 12.0. The van der Waals surface area contributed by atoms with Crippen LogP contribution in [0, 0.1) is 17.2 Å². The van der Waals surface area contributed by atoms with E-state index in [2.05, 4.69) is 0 Å². The van der Waals surface area contributed by atoms with E-state index >= 15 is 0 Å². The molecule has 0 saturated heterocycles. The van der Waals surface area contributed by atoms with Crippen molar-refractivity contribution in [2.75, 3.05) is 6.61 Å². The maximum Gasteiger partial charge on any atom is 0.329 e. The quantitative estimate of drug-likeness (QED) is 0.300. The topological polar surface area (TPSA) is 209 Å². The number of esters is 1. The van der Waals surface area contributed by atoms with Gasteiger partial charge in [0.1, 0.15) is 12.1 Å². The number of rotatable bonds is 7. The molecule has 6 N–H and O–H groups in total. The molecule has 1 aliphatic carbocycles. The molecule has 0 radical (unpaired) electrons. The predicted molar refractivity (Wildman–Crippen MR) is 90.8 cm³/mol. The van der Waals surface area contributed by atoms with E-state index in [0.29, 0.717) is 0 Å². The van der Waals surface area contributed by atoms with Gasteiger partial charge in [-0.3, -0.25) is 23.9 Å². The zero-order chi connectivity index (χ0) is 21.1. The molecule has 2 unspecified atom stereocenters. The molecule has 0 aliphatic heterocycles. The number of ether oxygens (including phenoxy) is 1. The molecule has 1 aromatic rings. The van der Waals surface area contributed by atoms with E-state index in [1.807, 2.05) is 11.1 Å². The highest BCUT2D eigenvalue weighted by molar-refractivity contribution is 5.76. The number of nitriles is 1. The zero-order valence-corrected chi connectivity index (χ0v) is 14.6. The molecule has 2 rings (SSSR count). The molecule has 5 atom stereocenters. The number of H-pyrrole nitrogens is 1. The van der Waals surface area contributed by atoms with E-state index < -0.39 is 59.5 Å². The summed E-state index contributed by atoms with van der Waals surface area (Å²) in [6.45, 7) is -0.403. The summed E-state index contributed by atoms with van der Waals surface area (Å²) in [7, 11) is 0. The van der Waals surface area contributed by atoms with Crippen molar-refractivity contribution >= 4 is 11.9 Å². The number of aliphatic carboxylic acids is 1. The third kappa shape index (κ3) is 4.11. The molecule has 1 saturated carbocycles. The van der Waals surface area contributed by atoms with Crippen LogP contribution in [0.4, 0.5) is 0 Å². The smallest absolute Gasteiger partial charge is 0.329 e. The number of carbonyl (C=O) groups excluding carboxylic acids is 1. The van der Waals surface area contributed by atoms with Crippen LogP contribution in [0.25, 0.3) is 0 Å². The second-order valence-electron chi connectivity index (χ2n) is 6.58. The lowest BCUT2D eigenvalue weighted by molar-refractivity contribution is -0.148. The van der Waals surface area contributed by atoms with Crippen molar-refractivity contribution in [3.05, 3.63) is 33.1 Å². The first kappa shape index (κ1) is 21.3. The van der Waals surface area contributed by atoms with Gasteiger partial charge in [-0.25, -0.2) is 4.79 Å². The Hall–Kier alpha value is -3.01. The molecule has 1 fully saturated rings. The summed E-state index contributed by atoms with van der Waals surface area (Å²) in [6, 6.07) is 1.62. The molecule has 0 bridgehead atoms. The van der Waals surface area contributed by atoms with Crippen LogP contribution in [-0.4, -0.2) is 61.7 Å². The zero-order valence-electron chi connectivity index (χ0n) is 14.6. The fourth-order valence-electron chi connectivity index (χ4n) is 3.17. The Morgan fingerprint density at radius 1 is 1.46 bits per heavy atom. The van der Waals surface area contributed by atoms with Crippen molar-refractivity contribution in [2.24, 2.45) is 11.7 Å². The largest absolute Gasteiger partial charge is 0.481 e. The number of carboxylic acid groups (broad SMARTS) is 1. The number of aromatic nitrogens is 2. The normalized spacial score (nSPS) is 27.7. The Kier molecular flexibility index (Phi) is 6.34. The van der Waals surface area contributed by atoms with E-state index in [4.69, 9.17) is 15.6 Å². The Balaban J connectivity index is 2.14. The highest BCUT2D eigenvalue weighted by Gasteiger charge is 2.55. The summed E-state index contributed by atoms with van der Waals surface area (Å²) < 4.78 is 5.80. The SMILES string of the molecule is N#C[C@@]1(n2ccc(=O)[nH]c2=O)C[C@H](COC(=O)[C@@H](N)CCC(=O)O)C(O)C1O. The third-order valence-electron chi connectivity index (χ3n) is 4.73. The van der Waals surface area contributed by atoms with Crippen molar-refractivity contribution in [2.45, 2.75) is 43.1 Å². The van der Waals surface area contributed by atoms with Crippen LogP contribution in [0.2, 0.25) is 0 Å². The molecular formula is C16H20N4O8. The highest BCUT2D eigenvalue weighted by Crippen LogP contribution is 2.40. The third-order valence-corrected chi connectivity index (χ3v) is 4.73. The van der Waals surface area contributed by atoms with Gasteiger partial charge in [0.15, 0.2) is 5.54 Å². The maximum absolute atomic E-state index is 12.0. The summed E-state index contributed by atoms with van der Waals surface area (Å²) >= 11 is 0. The molecule has 0 spiro atoms. The molecule has 0 amide bonds. The van der Waals surface area contributed by atoms with E-state index in [9.17, 15) is 34.7 Å². The Morgan fingerprint density at radius 3 is 2.71 bits per heavy atom. The molecular weight excluding hydrogens is 376 g/mol. The molecule has 152 valence electrons. The number of nitrogens with two attached hydrogens (primary N) is 1. The van der Waals surface area contributed by atoms with Gasteiger partial charge in [-0.1, -0.05) is 0 Å². The molecule has 0 aromatic carbocycles. The van der Waals surface area contributed by atoms with E-state index in [0.717, 1.165) is 16.8 Å². The first-order valence-electron chi connectivity index (χ1n) is 8.36. The molecule has 28 heavy (non-hydrogen) atoms. The second kappa shape index (κ2) is 8.34. The summed E-state index contributed by atoms with van der Waals surface area (Å²) in [6.07, 6.45) is -2.86. The summed E-state index contributed by atoms with van der Waals surface area (Å²) in [5.41, 5.74) is 2.04. The number of aliphatic hydroxyl groups excluding tert-OH is 2. The first-order valence-corrected chi connectivity index (χ1v) is 8.36. The van der Waals surface area contributed by atoms with Crippen LogP contribution in [0.3, 0.4) is 0 Å². The van der Waals surface area contributed by atoms with Gasteiger partial charge in [0.05, 0.1) is 18.8 Å². The minimum Gasteiger partial charge on any atom is -0.481 e. The minimum absolute atomic E-state index is 0.140. The predicted octanol–water partition coefficient (Wildman–Crippen LogP) is -2.77. The Labute approximate surface area is 157 Å². The minimum atomic E-state index is -1.87. The summed E-state index contributed by atoms with van der Waals surface area (Å²) in [5, 5.41) is 38.9. The number of aliphatic hydroxyl groups is 2. The number of carboxylic acids is 1. The number of nitrogens with one attached hydrogen (secondary N) is 1. The van der Waals surface area contributed by atoms with Crippen molar-refractivity contribution in [3.8, 4) is 6.07 Å². The van der Waals surface area contributed by atoms with Gasteiger partial charge in [0.2, 0.25) is 0 Å². The fraction of sp³-hybridized carbons (Fsp3) is 0.562. The van der Waals surface area contributed by atoms with E-state index in [1.54, 1.807) is 0 Å². The number of hydrogen-bond donors (Lipinski definition) is 5. The van der Waals surface area contributed by atoms with Gasteiger partial charge in [-0.2, -0.15) is 5.26 Å². The summed E-state index contributed by atoms with van der Waals surface area (Å²) in [4.78, 5) is 47.6. The number of carbonyl (C=O) groups is 2. The van der Waals surface area contributed by atoms with Crippen LogP contribution in [0.1, 0.15) is 19.3 Å². The standard InChI is InChI=1S/C16H20N4O8/c17-7-16(20-4-3-10(21)19-15(20)27)5-8(12(24)13(16)25)6-28-14(26)9(18)1-2-11(22)23/h3-4,8-9,12-13,24-25H,1-2,5-6,18H2,(H,22,23)(H,19,21,27)/t8-,9+,12?,13?,16+/m1/s1. The van der Waals surface area contributed by atoms with Crippen molar-refractivity contribution < 1.29 is 29.6 Å². The average Bonchev–Trinajstić information content (AvgIpc) is 2.89. The van der Waals surface area contributed by atoms with Crippen molar-refractivity contribution in [1.29, 1.82) is 5.26 Å². The van der Waals surface area contributed by atoms with Gasteiger partial charge in [0.25, 0.3) is 5.56 Å². The van der Waals surface area contributed by atoms with Crippen molar-refractivity contribution in [1.82, 2.24) is 9.55 Å². The highest BCUT2D eigenvalue weighted by atomic mass is 16.5. The van der Waals surface area contributed by atoms with Gasteiger partial charge in [0, 0.05) is 24.6 Å². The van der Waals surface area contributed by atoms with Crippen LogP contribution >= 0.6 is 0 Å². The van der Waals surface area contributed by atoms with Gasteiger partial charge >= 0.3 is 17.6 Å². The van der Waals surface area contributed by atoms with E-state index in [-0.39, 0.29) is 19.3 Å². The lowest BCUT2D eigenvalue weighted by Gasteiger charge is -2.27. The lowest BCUT2D eigenvalue weighted by atomic mass is 9.95. The van der Waals surface area contributed by atoms with E-state index in [1.165, 1.54) is 0 Å². The first-order chi connectivity index (χ1) is 13.1.